The van der Waals surface area contributed by atoms with E-state index in [-0.39, 0.29) is 0 Å². The lowest BCUT2D eigenvalue weighted by Gasteiger charge is -2.06. The van der Waals surface area contributed by atoms with Gasteiger partial charge in [0.1, 0.15) is 5.82 Å². The van der Waals surface area contributed by atoms with Gasteiger partial charge in [0, 0.05) is 5.38 Å². The van der Waals surface area contributed by atoms with Gasteiger partial charge in [-0.1, -0.05) is 17.7 Å². The molecule has 98 valence electrons. The van der Waals surface area contributed by atoms with Crippen LogP contribution < -0.4 is 0 Å². The number of aryl methyl sites for hydroxylation is 1. The largest absolute Gasteiger partial charge is 0.320 e. The van der Waals surface area contributed by atoms with Gasteiger partial charge in [-0.05, 0) is 19.1 Å². The summed E-state index contributed by atoms with van der Waals surface area (Å²) in [5, 5.41) is 3.79. The van der Waals surface area contributed by atoms with E-state index in [1.165, 1.54) is 0 Å². The number of fused-ring (bicyclic) bond motifs is 1. The van der Waals surface area contributed by atoms with Gasteiger partial charge in [-0.3, -0.25) is 0 Å². The van der Waals surface area contributed by atoms with Crippen LogP contribution in [0.3, 0.4) is 0 Å². The lowest BCUT2D eigenvalue weighted by Crippen LogP contribution is -2.04. The van der Waals surface area contributed by atoms with E-state index in [0.717, 1.165) is 27.6 Å². The summed E-state index contributed by atoms with van der Waals surface area (Å²) in [6.45, 7) is 2.64. The van der Waals surface area contributed by atoms with Crippen molar-refractivity contribution in [2.45, 2.75) is 19.3 Å². The number of halogens is 2. The average Bonchev–Trinajstić information content (AvgIpc) is 2.95. The molecule has 0 bridgehead atoms. The van der Waals surface area contributed by atoms with Crippen molar-refractivity contribution in [3.05, 3.63) is 45.1 Å². The van der Waals surface area contributed by atoms with E-state index < -0.39 is 0 Å². The minimum Gasteiger partial charge on any atom is -0.320 e. The molecule has 0 saturated carbocycles. The van der Waals surface area contributed by atoms with Crippen LogP contribution in [-0.4, -0.2) is 14.5 Å². The summed E-state index contributed by atoms with van der Waals surface area (Å²) in [6.07, 6.45) is 0. The number of nitrogens with zero attached hydrogens (tertiary/aromatic N) is 3. The van der Waals surface area contributed by atoms with Crippen LogP contribution in [0.1, 0.15) is 16.5 Å². The van der Waals surface area contributed by atoms with Crippen molar-refractivity contribution in [1.82, 2.24) is 14.5 Å². The summed E-state index contributed by atoms with van der Waals surface area (Å²) >= 11 is 13.9. The Balaban J connectivity index is 2.15. The highest BCUT2D eigenvalue weighted by molar-refractivity contribution is 7.09. The van der Waals surface area contributed by atoms with Crippen molar-refractivity contribution in [2.75, 3.05) is 0 Å². The van der Waals surface area contributed by atoms with E-state index in [9.17, 15) is 0 Å². The molecular weight excluding hydrogens is 301 g/mol. The smallest absolute Gasteiger partial charge is 0.125 e. The number of benzene rings is 1. The zero-order chi connectivity index (χ0) is 13.4. The Bertz CT molecular complexity index is 733. The third-order valence-corrected chi connectivity index (χ3v) is 4.27. The summed E-state index contributed by atoms with van der Waals surface area (Å²) in [6, 6.07) is 5.71. The quantitative estimate of drug-likeness (QED) is 0.677. The van der Waals surface area contributed by atoms with Crippen LogP contribution in [0.2, 0.25) is 5.02 Å². The molecule has 0 aliphatic heterocycles. The number of imidazole rings is 1. The second-order valence-corrected chi connectivity index (χ2v) is 5.95. The van der Waals surface area contributed by atoms with Crippen LogP contribution in [0, 0.1) is 6.92 Å². The Morgan fingerprint density at radius 2 is 2.16 bits per heavy atom. The third kappa shape index (κ3) is 2.36. The molecule has 6 heteroatoms. The molecule has 0 radical (unpaired) electrons. The summed E-state index contributed by atoms with van der Waals surface area (Å²) in [7, 11) is 0. The highest BCUT2D eigenvalue weighted by Crippen LogP contribution is 2.26. The molecule has 0 unspecified atom stereocenters. The predicted octanol–water partition coefficient (Wildman–Crippen LogP) is 4.24. The fraction of sp³-hybridized carbons (Fsp3) is 0.231. The van der Waals surface area contributed by atoms with Gasteiger partial charge in [0.2, 0.25) is 0 Å². The maximum absolute atomic E-state index is 6.28. The van der Waals surface area contributed by atoms with Gasteiger partial charge in [0.15, 0.2) is 0 Å². The maximum Gasteiger partial charge on any atom is 0.125 e. The fourth-order valence-corrected chi connectivity index (χ4v) is 3.18. The molecule has 0 spiro atoms. The van der Waals surface area contributed by atoms with Crippen LogP contribution in [0.15, 0.2) is 23.6 Å². The zero-order valence-corrected chi connectivity index (χ0v) is 12.6. The molecule has 3 aromatic rings. The van der Waals surface area contributed by atoms with Crippen LogP contribution in [0.4, 0.5) is 0 Å². The van der Waals surface area contributed by atoms with Crippen molar-refractivity contribution in [3.8, 4) is 0 Å². The molecule has 0 amide bonds. The number of hydrogen-bond donors (Lipinski definition) is 0. The molecule has 0 atom stereocenters. The van der Waals surface area contributed by atoms with Crippen molar-refractivity contribution < 1.29 is 0 Å². The standard InChI is InChI=1S/C13H11Cl2N3S/c1-8-16-9(7-19-8)6-18-12(5-14)17-11-4-2-3-10(15)13(11)18/h2-4,7H,5-6H2,1H3. The Morgan fingerprint density at radius 3 is 2.84 bits per heavy atom. The number of hydrogen-bond acceptors (Lipinski definition) is 3. The maximum atomic E-state index is 6.28. The van der Waals surface area contributed by atoms with Crippen molar-refractivity contribution >= 4 is 45.6 Å². The molecule has 2 aromatic heterocycles. The molecule has 3 nitrogen and oxygen atoms in total. The lowest BCUT2D eigenvalue weighted by molar-refractivity contribution is 0.761. The second kappa shape index (κ2) is 5.12. The monoisotopic (exact) mass is 311 g/mol. The number of rotatable bonds is 3. The highest BCUT2D eigenvalue weighted by atomic mass is 35.5. The normalized spacial score (nSPS) is 11.3. The predicted molar refractivity (Wildman–Crippen MR) is 80.3 cm³/mol. The Morgan fingerprint density at radius 1 is 1.32 bits per heavy atom. The van der Waals surface area contributed by atoms with Gasteiger partial charge in [0.25, 0.3) is 0 Å². The molecule has 0 aliphatic carbocycles. The topological polar surface area (TPSA) is 30.7 Å². The molecule has 0 N–H and O–H groups in total. The third-order valence-electron chi connectivity index (χ3n) is 2.90. The van der Waals surface area contributed by atoms with Crippen LogP contribution >= 0.6 is 34.5 Å². The SMILES string of the molecule is Cc1nc(Cn2c(CCl)nc3cccc(Cl)c32)cs1. The molecule has 0 fully saturated rings. The Kier molecular flexibility index (Phi) is 3.48. The molecule has 1 aromatic carbocycles. The highest BCUT2D eigenvalue weighted by Gasteiger charge is 2.13. The first-order chi connectivity index (χ1) is 9.19. The first-order valence-electron chi connectivity index (χ1n) is 5.79. The van der Waals surface area contributed by atoms with E-state index >= 15 is 0 Å². The first kappa shape index (κ1) is 12.9. The van der Waals surface area contributed by atoms with Gasteiger partial charge >= 0.3 is 0 Å². The van der Waals surface area contributed by atoms with Crippen LogP contribution in [0.25, 0.3) is 11.0 Å². The van der Waals surface area contributed by atoms with Gasteiger partial charge in [0.05, 0.1) is 39.2 Å². The number of para-hydroxylation sites is 1. The van der Waals surface area contributed by atoms with Crippen molar-refractivity contribution in [2.24, 2.45) is 0 Å². The van der Waals surface area contributed by atoms with Crippen LogP contribution in [0.5, 0.6) is 0 Å². The summed E-state index contributed by atoms with van der Waals surface area (Å²) in [5.41, 5.74) is 2.80. The molecular formula is C13H11Cl2N3S. The molecule has 19 heavy (non-hydrogen) atoms. The summed E-state index contributed by atoms with van der Waals surface area (Å²) < 4.78 is 2.04. The van der Waals surface area contributed by atoms with Gasteiger partial charge < -0.3 is 4.57 Å². The van der Waals surface area contributed by atoms with E-state index in [4.69, 9.17) is 23.2 Å². The van der Waals surface area contributed by atoms with Crippen LogP contribution in [-0.2, 0) is 12.4 Å². The van der Waals surface area contributed by atoms with Crippen molar-refractivity contribution in [3.63, 3.8) is 0 Å². The number of alkyl halides is 1. The average molecular weight is 312 g/mol. The molecule has 3 rings (SSSR count). The zero-order valence-electron chi connectivity index (χ0n) is 10.2. The number of aromatic nitrogens is 3. The minimum atomic E-state index is 0.355. The molecule has 2 heterocycles. The Hall–Kier alpha value is -1.10. The van der Waals surface area contributed by atoms with E-state index in [0.29, 0.717) is 17.4 Å². The minimum absolute atomic E-state index is 0.355. The molecule has 0 aliphatic rings. The van der Waals surface area contributed by atoms with Gasteiger partial charge in [-0.2, -0.15) is 0 Å². The molecule has 0 saturated heterocycles. The lowest BCUT2D eigenvalue weighted by atomic mass is 10.3. The Labute approximate surface area is 124 Å². The van der Waals surface area contributed by atoms with Gasteiger partial charge in [-0.25, -0.2) is 9.97 Å². The number of thiazole rings is 1. The second-order valence-electron chi connectivity index (χ2n) is 4.21. The summed E-state index contributed by atoms with van der Waals surface area (Å²) in [5.74, 6) is 1.17. The first-order valence-corrected chi connectivity index (χ1v) is 7.59. The van der Waals surface area contributed by atoms with E-state index in [1.807, 2.05) is 29.7 Å². The van der Waals surface area contributed by atoms with Crippen molar-refractivity contribution in [1.29, 1.82) is 0 Å². The summed E-state index contributed by atoms with van der Waals surface area (Å²) in [4.78, 5) is 9.00. The fourth-order valence-electron chi connectivity index (χ4n) is 2.11. The van der Waals surface area contributed by atoms with E-state index in [1.54, 1.807) is 11.3 Å². The van der Waals surface area contributed by atoms with E-state index in [2.05, 4.69) is 15.3 Å². The van der Waals surface area contributed by atoms with Gasteiger partial charge in [-0.15, -0.1) is 22.9 Å².